The third-order valence-electron chi connectivity index (χ3n) is 2.29. The van der Waals surface area contributed by atoms with Crippen LogP contribution >= 0.6 is 0 Å². The van der Waals surface area contributed by atoms with Crippen LogP contribution in [-0.4, -0.2) is 6.29 Å². The van der Waals surface area contributed by atoms with Gasteiger partial charge in [-0.15, -0.1) is 0 Å². The first-order chi connectivity index (χ1) is 6.72. The molecule has 0 N–H and O–H groups in total. The van der Waals surface area contributed by atoms with Gasteiger partial charge >= 0.3 is 0 Å². The summed E-state index contributed by atoms with van der Waals surface area (Å²) in [7, 11) is 0. The molecule has 1 aliphatic rings. The van der Waals surface area contributed by atoms with Crippen molar-refractivity contribution in [3.05, 3.63) is 36.0 Å². The normalized spacial score (nSPS) is 21.6. The number of allylic oxidation sites excluding steroid dienone is 6. The molecule has 76 valence electrons. The van der Waals surface area contributed by atoms with Crippen molar-refractivity contribution in [2.45, 2.75) is 26.7 Å². The number of rotatable bonds is 4. The van der Waals surface area contributed by atoms with Gasteiger partial charge in [-0.25, -0.2) is 0 Å². The minimum Gasteiger partial charge on any atom is -0.299 e. The second-order valence-electron chi connectivity index (χ2n) is 4.16. The van der Waals surface area contributed by atoms with E-state index >= 15 is 0 Å². The summed E-state index contributed by atoms with van der Waals surface area (Å²) in [5, 5.41) is 0. The molecular formula is C13H18O. The van der Waals surface area contributed by atoms with Crippen LogP contribution in [0.1, 0.15) is 26.7 Å². The van der Waals surface area contributed by atoms with Crippen molar-refractivity contribution < 1.29 is 4.79 Å². The molecule has 0 spiro atoms. The third kappa shape index (κ3) is 3.73. The van der Waals surface area contributed by atoms with Gasteiger partial charge in [-0.05, 0) is 30.8 Å². The fraction of sp³-hybridized carbons (Fsp3) is 0.462. The van der Waals surface area contributed by atoms with Crippen LogP contribution in [0.25, 0.3) is 0 Å². The molecule has 0 aromatic heterocycles. The molecule has 1 heteroatoms. The zero-order valence-corrected chi connectivity index (χ0v) is 8.94. The summed E-state index contributed by atoms with van der Waals surface area (Å²) in [6.45, 7) is 4.46. The molecule has 0 radical (unpaired) electrons. The van der Waals surface area contributed by atoms with Gasteiger partial charge in [0, 0.05) is 0 Å². The molecule has 0 amide bonds. The van der Waals surface area contributed by atoms with Crippen LogP contribution in [0.2, 0.25) is 0 Å². The largest absolute Gasteiger partial charge is 0.299 e. The number of hydrogen-bond acceptors (Lipinski definition) is 1. The van der Waals surface area contributed by atoms with Gasteiger partial charge in [0.05, 0.1) is 0 Å². The number of hydrogen-bond donors (Lipinski definition) is 0. The maximum absolute atomic E-state index is 10.1. The SMILES string of the molecule is CC(C)CC1=CCC(C=CC=O)C=C1. The van der Waals surface area contributed by atoms with Crippen LogP contribution in [-0.2, 0) is 4.79 Å². The molecule has 0 saturated carbocycles. The summed E-state index contributed by atoms with van der Waals surface area (Å²) in [4.78, 5) is 10.1. The minimum atomic E-state index is 0.413. The molecule has 1 unspecified atom stereocenters. The van der Waals surface area contributed by atoms with Gasteiger partial charge < -0.3 is 0 Å². The van der Waals surface area contributed by atoms with Crippen molar-refractivity contribution in [1.82, 2.24) is 0 Å². The highest BCUT2D eigenvalue weighted by molar-refractivity contribution is 5.64. The Balaban J connectivity index is 2.44. The van der Waals surface area contributed by atoms with E-state index in [-0.39, 0.29) is 0 Å². The predicted octanol–water partition coefficient (Wildman–Crippen LogP) is 3.29. The van der Waals surface area contributed by atoms with Gasteiger partial charge in [0.25, 0.3) is 0 Å². The van der Waals surface area contributed by atoms with Crippen LogP contribution in [0, 0.1) is 11.8 Å². The van der Waals surface area contributed by atoms with Crippen molar-refractivity contribution >= 4 is 6.29 Å². The first-order valence-corrected chi connectivity index (χ1v) is 5.21. The number of aldehydes is 1. The molecule has 0 heterocycles. The molecule has 0 saturated heterocycles. The lowest BCUT2D eigenvalue weighted by Crippen LogP contribution is -1.98. The van der Waals surface area contributed by atoms with Gasteiger partial charge in [-0.2, -0.15) is 0 Å². The first-order valence-electron chi connectivity index (χ1n) is 5.21. The van der Waals surface area contributed by atoms with Gasteiger partial charge in [0.1, 0.15) is 6.29 Å². The minimum absolute atomic E-state index is 0.413. The fourth-order valence-corrected chi connectivity index (χ4v) is 1.63. The van der Waals surface area contributed by atoms with Crippen LogP contribution < -0.4 is 0 Å². The second-order valence-corrected chi connectivity index (χ2v) is 4.16. The van der Waals surface area contributed by atoms with E-state index in [4.69, 9.17) is 0 Å². The molecule has 1 atom stereocenters. The van der Waals surface area contributed by atoms with Crippen molar-refractivity contribution in [1.29, 1.82) is 0 Å². The van der Waals surface area contributed by atoms with E-state index in [1.807, 2.05) is 6.08 Å². The van der Waals surface area contributed by atoms with Gasteiger partial charge in [-0.3, -0.25) is 4.79 Å². The van der Waals surface area contributed by atoms with Gasteiger partial charge in [0.15, 0.2) is 0 Å². The second kappa shape index (κ2) is 5.58. The molecule has 1 rings (SSSR count). The lowest BCUT2D eigenvalue weighted by Gasteiger charge is -2.13. The molecule has 0 fully saturated rings. The molecule has 1 nitrogen and oxygen atoms in total. The quantitative estimate of drug-likeness (QED) is 0.491. The zero-order valence-electron chi connectivity index (χ0n) is 8.94. The Bertz CT molecular complexity index is 269. The summed E-state index contributed by atoms with van der Waals surface area (Å²) in [5.74, 6) is 1.13. The van der Waals surface area contributed by atoms with E-state index in [9.17, 15) is 4.79 Å². The number of carbonyl (C=O) groups is 1. The third-order valence-corrected chi connectivity index (χ3v) is 2.29. The Morgan fingerprint density at radius 2 is 2.36 bits per heavy atom. The first kappa shape index (κ1) is 11.0. The predicted molar refractivity (Wildman–Crippen MR) is 60.0 cm³/mol. The Morgan fingerprint density at radius 1 is 1.57 bits per heavy atom. The van der Waals surface area contributed by atoms with Crippen LogP contribution in [0.15, 0.2) is 36.0 Å². The summed E-state index contributed by atoms with van der Waals surface area (Å²) < 4.78 is 0. The Hall–Kier alpha value is -1.11. The highest BCUT2D eigenvalue weighted by Crippen LogP contribution is 2.21. The van der Waals surface area contributed by atoms with E-state index in [0.717, 1.165) is 19.1 Å². The van der Waals surface area contributed by atoms with E-state index in [1.54, 1.807) is 6.08 Å². The summed E-state index contributed by atoms with van der Waals surface area (Å²) >= 11 is 0. The summed E-state index contributed by atoms with van der Waals surface area (Å²) in [6, 6.07) is 0. The maximum Gasteiger partial charge on any atom is 0.142 e. The van der Waals surface area contributed by atoms with Crippen molar-refractivity contribution in [3.63, 3.8) is 0 Å². The molecule has 0 aromatic carbocycles. The van der Waals surface area contributed by atoms with Crippen molar-refractivity contribution in [2.24, 2.45) is 11.8 Å². The molecule has 1 aliphatic carbocycles. The molecule has 0 aliphatic heterocycles. The fourth-order valence-electron chi connectivity index (χ4n) is 1.63. The summed E-state index contributed by atoms with van der Waals surface area (Å²) in [6.07, 6.45) is 13.2. The topological polar surface area (TPSA) is 17.1 Å². The smallest absolute Gasteiger partial charge is 0.142 e. The lowest BCUT2D eigenvalue weighted by molar-refractivity contribution is -0.104. The van der Waals surface area contributed by atoms with E-state index in [1.165, 1.54) is 5.57 Å². The lowest BCUT2D eigenvalue weighted by atomic mass is 9.92. The van der Waals surface area contributed by atoms with E-state index in [2.05, 4.69) is 32.1 Å². The average molecular weight is 190 g/mol. The Morgan fingerprint density at radius 3 is 2.86 bits per heavy atom. The maximum atomic E-state index is 10.1. The van der Waals surface area contributed by atoms with Crippen molar-refractivity contribution in [3.8, 4) is 0 Å². The van der Waals surface area contributed by atoms with E-state index in [0.29, 0.717) is 11.8 Å². The highest BCUT2D eigenvalue weighted by Gasteiger charge is 2.06. The van der Waals surface area contributed by atoms with Crippen LogP contribution in [0.4, 0.5) is 0 Å². The standard InChI is InChI=1S/C13H18O/c1-11(2)10-13-7-5-12(6-8-13)4-3-9-14/h3-5,7-9,11-12H,6,10H2,1-2H3. The monoisotopic (exact) mass is 190 g/mol. The van der Waals surface area contributed by atoms with Crippen LogP contribution in [0.3, 0.4) is 0 Å². The van der Waals surface area contributed by atoms with Crippen molar-refractivity contribution in [2.75, 3.05) is 0 Å². The zero-order chi connectivity index (χ0) is 10.4. The molecule has 14 heavy (non-hydrogen) atoms. The van der Waals surface area contributed by atoms with Gasteiger partial charge in [0.2, 0.25) is 0 Å². The Kier molecular flexibility index (Phi) is 4.37. The van der Waals surface area contributed by atoms with Crippen LogP contribution in [0.5, 0.6) is 0 Å². The molecule has 0 bridgehead atoms. The number of carbonyl (C=O) groups excluding carboxylic acids is 1. The highest BCUT2D eigenvalue weighted by atomic mass is 16.1. The molecule has 0 aromatic rings. The van der Waals surface area contributed by atoms with E-state index < -0.39 is 0 Å². The summed E-state index contributed by atoms with van der Waals surface area (Å²) in [5.41, 5.74) is 1.43. The Labute approximate surface area is 86.2 Å². The average Bonchev–Trinajstić information content (AvgIpc) is 2.16. The van der Waals surface area contributed by atoms with Gasteiger partial charge in [-0.1, -0.05) is 43.7 Å². The molecular weight excluding hydrogens is 172 g/mol.